The van der Waals surface area contributed by atoms with Crippen molar-refractivity contribution < 1.29 is 9.59 Å². The van der Waals surface area contributed by atoms with E-state index in [1.54, 1.807) is 24.5 Å². The van der Waals surface area contributed by atoms with Gasteiger partial charge in [-0.25, -0.2) is 14.9 Å². The summed E-state index contributed by atoms with van der Waals surface area (Å²) in [5.41, 5.74) is 5.58. The molecule has 3 heterocycles. The summed E-state index contributed by atoms with van der Waals surface area (Å²) in [7, 11) is -1.92. The first kappa shape index (κ1) is 25.3. The van der Waals surface area contributed by atoms with E-state index in [9.17, 15) is 9.59 Å². The van der Waals surface area contributed by atoms with Crippen molar-refractivity contribution in [3.05, 3.63) is 133 Å². The van der Waals surface area contributed by atoms with Crippen LogP contribution in [0.1, 0.15) is 20.7 Å². The number of carbonyl (C=O) groups excluding carboxylic acids is 2. The Morgan fingerprint density at radius 1 is 0.581 bits per heavy atom. The van der Waals surface area contributed by atoms with Crippen molar-refractivity contribution in [2.75, 3.05) is 9.80 Å². The van der Waals surface area contributed by atoms with Gasteiger partial charge < -0.3 is 4.90 Å². The minimum absolute atomic E-state index is 0.0648. The number of aromatic nitrogens is 2. The van der Waals surface area contributed by atoms with Crippen LogP contribution in [0.25, 0.3) is 21.9 Å². The lowest BCUT2D eigenvalue weighted by molar-refractivity contribution is 0.0924. The van der Waals surface area contributed by atoms with Crippen LogP contribution in [0.3, 0.4) is 0 Å². The van der Waals surface area contributed by atoms with E-state index in [0.29, 0.717) is 11.1 Å². The van der Waals surface area contributed by atoms with Crippen LogP contribution in [0.2, 0.25) is 13.1 Å². The summed E-state index contributed by atoms with van der Waals surface area (Å²) in [6.45, 7) is 4.74. The number of fused-ring (bicyclic) bond motifs is 4. The number of amides is 2. The molecule has 2 amide bonds. The Balaban J connectivity index is 1.16. The zero-order chi connectivity index (χ0) is 29.3. The summed E-state index contributed by atoms with van der Waals surface area (Å²) in [5.74, 6) is -0.773. The van der Waals surface area contributed by atoms with Gasteiger partial charge in [-0.05, 0) is 56.5 Å². The Morgan fingerprint density at radius 2 is 1.19 bits per heavy atom. The average molecular weight is 575 g/mol. The number of hydrogen-bond acceptors (Lipinski definition) is 5. The van der Waals surface area contributed by atoms with Crippen LogP contribution in [0.15, 0.2) is 122 Å². The van der Waals surface area contributed by atoms with E-state index in [2.05, 4.69) is 82.6 Å². The van der Waals surface area contributed by atoms with Gasteiger partial charge in [0.25, 0.3) is 11.8 Å². The molecule has 0 atom stereocenters. The number of rotatable bonds is 3. The van der Waals surface area contributed by atoms with Crippen LogP contribution in [0, 0.1) is 0 Å². The van der Waals surface area contributed by atoms with E-state index < -0.39 is 19.9 Å². The van der Waals surface area contributed by atoms with Crippen LogP contribution in [-0.4, -0.2) is 29.9 Å². The molecule has 8 rings (SSSR count). The minimum Gasteiger partial charge on any atom is -0.308 e. The van der Waals surface area contributed by atoms with Crippen molar-refractivity contribution in [1.82, 2.24) is 9.97 Å². The van der Waals surface area contributed by atoms with Crippen molar-refractivity contribution in [2.24, 2.45) is 0 Å². The molecule has 0 spiro atoms. The predicted molar refractivity (Wildman–Crippen MR) is 174 cm³/mol. The fourth-order valence-electron chi connectivity index (χ4n) is 6.56. The SMILES string of the molecule is C[Si]1(C)c2ccccc2N(c2cnc(N3C(=O)c4ccc(-c5cccc6ccccc56)cc4C3=O)nc2)c2ccccc21. The molecule has 0 aliphatic carbocycles. The van der Waals surface area contributed by atoms with Crippen LogP contribution in [0.4, 0.5) is 23.0 Å². The number of benzene rings is 5. The Hall–Kier alpha value is -5.40. The third-order valence-electron chi connectivity index (χ3n) is 8.71. The average Bonchev–Trinajstić information content (AvgIpc) is 3.30. The fourth-order valence-corrected chi connectivity index (χ4v) is 9.55. The second kappa shape index (κ2) is 9.30. The molecule has 43 heavy (non-hydrogen) atoms. The molecule has 0 unspecified atom stereocenters. The lowest BCUT2D eigenvalue weighted by Gasteiger charge is -2.40. The number of nitrogens with zero attached hydrogens (tertiary/aromatic N) is 4. The number of imide groups is 1. The fraction of sp³-hybridized carbons (Fsp3) is 0.0556. The van der Waals surface area contributed by atoms with Gasteiger partial charge in [-0.1, -0.05) is 98.0 Å². The number of para-hydroxylation sites is 2. The molecule has 2 aliphatic rings. The van der Waals surface area contributed by atoms with Gasteiger partial charge in [0, 0.05) is 11.4 Å². The maximum absolute atomic E-state index is 13.7. The molecule has 6 aromatic rings. The molecule has 0 N–H and O–H groups in total. The van der Waals surface area contributed by atoms with Gasteiger partial charge in [-0.3, -0.25) is 9.59 Å². The third kappa shape index (κ3) is 3.71. The van der Waals surface area contributed by atoms with E-state index in [0.717, 1.165) is 43.9 Å². The smallest absolute Gasteiger partial charge is 0.268 e. The molecule has 0 radical (unpaired) electrons. The van der Waals surface area contributed by atoms with Gasteiger partial charge in [0.15, 0.2) is 0 Å². The molecule has 1 aromatic heterocycles. The molecular weight excluding hydrogens is 549 g/mol. The Morgan fingerprint density at radius 3 is 1.91 bits per heavy atom. The summed E-state index contributed by atoms with van der Waals surface area (Å²) < 4.78 is 0. The van der Waals surface area contributed by atoms with Crippen molar-refractivity contribution >= 4 is 64.0 Å². The summed E-state index contributed by atoms with van der Waals surface area (Å²) in [5, 5.41) is 4.87. The highest BCUT2D eigenvalue weighted by Gasteiger charge is 2.40. The lowest BCUT2D eigenvalue weighted by atomic mass is 9.95. The van der Waals surface area contributed by atoms with Crippen molar-refractivity contribution in [3.63, 3.8) is 0 Å². The third-order valence-corrected chi connectivity index (χ3v) is 12.2. The zero-order valence-electron chi connectivity index (χ0n) is 23.7. The molecule has 0 fully saturated rings. The highest BCUT2D eigenvalue weighted by Crippen LogP contribution is 2.38. The van der Waals surface area contributed by atoms with E-state index in [4.69, 9.17) is 0 Å². The molecular formula is C36H26N4O2Si. The van der Waals surface area contributed by atoms with E-state index in [1.807, 2.05) is 42.5 Å². The molecule has 0 saturated carbocycles. The molecule has 0 bridgehead atoms. The molecule has 0 saturated heterocycles. The van der Waals surface area contributed by atoms with Gasteiger partial charge in [0.05, 0.1) is 29.2 Å². The molecule has 2 aliphatic heterocycles. The quantitative estimate of drug-likeness (QED) is 0.174. The Kier molecular flexibility index (Phi) is 5.48. The molecule has 5 aromatic carbocycles. The summed E-state index contributed by atoms with van der Waals surface area (Å²) in [6, 6.07) is 36.6. The van der Waals surface area contributed by atoms with Crippen LogP contribution in [0.5, 0.6) is 0 Å². The predicted octanol–water partition coefficient (Wildman–Crippen LogP) is 6.70. The van der Waals surface area contributed by atoms with Crippen LogP contribution < -0.4 is 20.2 Å². The van der Waals surface area contributed by atoms with Crippen molar-refractivity contribution in [2.45, 2.75) is 13.1 Å². The van der Waals surface area contributed by atoms with Crippen molar-refractivity contribution in [3.8, 4) is 11.1 Å². The molecule has 206 valence electrons. The second-order valence-electron chi connectivity index (χ2n) is 11.5. The van der Waals surface area contributed by atoms with E-state index in [-0.39, 0.29) is 5.95 Å². The van der Waals surface area contributed by atoms with Gasteiger partial charge in [0.2, 0.25) is 5.95 Å². The standard InChI is InChI=1S/C36H26N4O2Si/c1-43(2)32-16-7-5-14-30(32)39(31-15-6-8-17-33(31)43)25-21-37-36(38-22-25)40-34(41)28-19-18-24(20-29(28)35(40)42)27-13-9-11-23-10-3-4-12-26(23)27/h3-22H,1-2H3. The normalized spacial score (nSPS) is 14.9. The Labute approximate surface area is 249 Å². The largest absolute Gasteiger partial charge is 0.308 e. The highest BCUT2D eigenvalue weighted by atomic mass is 28.3. The first-order valence-corrected chi connectivity index (χ1v) is 17.3. The zero-order valence-corrected chi connectivity index (χ0v) is 24.7. The van der Waals surface area contributed by atoms with Crippen LogP contribution in [-0.2, 0) is 0 Å². The number of anilines is 4. The summed E-state index contributed by atoms with van der Waals surface area (Å²) in [4.78, 5) is 39.5. The molecule has 7 heteroatoms. The lowest BCUT2D eigenvalue weighted by Crippen LogP contribution is -2.58. The summed E-state index contributed by atoms with van der Waals surface area (Å²) in [6.07, 6.45) is 3.39. The minimum atomic E-state index is -1.92. The maximum atomic E-state index is 13.7. The van der Waals surface area contributed by atoms with Gasteiger partial charge in [0.1, 0.15) is 8.07 Å². The van der Waals surface area contributed by atoms with Gasteiger partial charge >= 0.3 is 0 Å². The number of carbonyl (C=O) groups is 2. The topological polar surface area (TPSA) is 66.4 Å². The highest BCUT2D eigenvalue weighted by molar-refractivity contribution is 7.02. The summed E-state index contributed by atoms with van der Waals surface area (Å²) >= 11 is 0. The Bertz CT molecular complexity index is 2070. The van der Waals surface area contributed by atoms with Crippen molar-refractivity contribution in [1.29, 1.82) is 0 Å². The van der Waals surface area contributed by atoms with Gasteiger partial charge in [-0.2, -0.15) is 0 Å². The van der Waals surface area contributed by atoms with Crippen LogP contribution >= 0.6 is 0 Å². The maximum Gasteiger partial charge on any atom is 0.268 e. The number of hydrogen-bond donors (Lipinski definition) is 0. The first-order valence-electron chi connectivity index (χ1n) is 14.3. The molecule has 6 nitrogen and oxygen atoms in total. The van der Waals surface area contributed by atoms with E-state index >= 15 is 0 Å². The monoisotopic (exact) mass is 574 g/mol. The van der Waals surface area contributed by atoms with Gasteiger partial charge in [-0.15, -0.1) is 0 Å². The second-order valence-corrected chi connectivity index (χ2v) is 15.8. The van der Waals surface area contributed by atoms with E-state index in [1.165, 1.54) is 10.4 Å². The first-order chi connectivity index (χ1) is 20.9.